The number of hydrogen-bond donors (Lipinski definition) is 2. The van der Waals surface area contributed by atoms with Crippen LogP contribution in [-0.4, -0.2) is 32.3 Å². The van der Waals surface area contributed by atoms with Gasteiger partial charge in [0.1, 0.15) is 0 Å². The molecule has 0 bridgehead atoms. The Morgan fingerprint density at radius 2 is 2.28 bits per heavy atom. The van der Waals surface area contributed by atoms with Crippen molar-refractivity contribution in [2.45, 2.75) is 32.7 Å². The first kappa shape index (κ1) is 13.4. The van der Waals surface area contributed by atoms with Crippen LogP contribution in [0.5, 0.6) is 0 Å². The molecule has 2 rings (SSSR count). The minimum Gasteiger partial charge on any atom is -0.383 e. The summed E-state index contributed by atoms with van der Waals surface area (Å²) in [5, 5.41) is 7.06. The van der Waals surface area contributed by atoms with Crippen molar-refractivity contribution in [1.82, 2.24) is 5.32 Å². The van der Waals surface area contributed by atoms with Crippen LogP contribution in [0.15, 0.2) is 18.2 Å². The van der Waals surface area contributed by atoms with E-state index in [9.17, 15) is 0 Å². The summed E-state index contributed by atoms with van der Waals surface area (Å²) in [7, 11) is 0. The summed E-state index contributed by atoms with van der Waals surface area (Å²) < 4.78 is 5.48. The second-order valence-electron chi connectivity index (χ2n) is 5.30. The zero-order valence-electron chi connectivity index (χ0n) is 11.6. The van der Waals surface area contributed by atoms with E-state index in [1.165, 1.54) is 16.8 Å². The van der Waals surface area contributed by atoms with Gasteiger partial charge in [-0.2, -0.15) is 0 Å². The second-order valence-corrected chi connectivity index (χ2v) is 5.30. The molecule has 1 heterocycles. The van der Waals surface area contributed by atoms with E-state index >= 15 is 0 Å². The molecule has 1 aromatic rings. The molecule has 1 atom stereocenters. The number of ether oxygens (including phenoxy) is 1. The van der Waals surface area contributed by atoms with Crippen molar-refractivity contribution in [3.63, 3.8) is 0 Å². The standard InChI is InChI=1S/C15H24N2O/c1-11(2)14-6-4-5-12(3)15(14)17-9-13-10-18-8-7-16-13/h4-6,11,13,16-17H,7-10H2,1-3H3. The van der Waals surface area contributed by atoms with Crippen LogP contribution in [0.1, 0.15) is 30.9 Å². The number of morpholine rings is 1. The molecule has 100 valence electrons. The number of nitrogens with one attached hydrogen (secondary N) is 2. The molecule has 3 nitrogen and oxygen atoms in total. The smallest absolute Gasteiger partial charge is 0.0637 e. The van der Waals surface area contributed by atoms with E-state index < -0.39 is 0 Å². The molecule has 2 N–H and O–H groups in total. The zero-order valence-corrected chi connectivity index (χ0v) is 11.6. The van der Waals surface area contributed by atoms with Crippen LogP contribution in [0.25, 0.3) is 0 Å². The third kappa shape index (κ3) is 3.24. The van der Waals surface area contributed by atoms with Crippen molar-refractivity contribution in [1.29, 1.82) is 0 Å². The Bertz CT molecular complexity index is 384. The maximum absolute atomic E-state index is 5.48. The fraction of sp³-hybridized carbons (Fsp3) is 0.600. The first-order valence-corrected chi connectivity index (χ1v) is 6.83. The maximum Gasteiger partial charge on any atom is 0.0637 e. The lowest BCUT2D eigenvalue weighted by Gasteiger charge is -2.26. The van der Waals surface area contributed by atoms with E-state index in [1.807, 2.05) is 0 Å². The second kappa shape index (κ2) is 6.21. The van der Waals surface area contributed by atoms with Gasteiger partial charge < -0.3 is 15.4 Å². The first-order chi connectivity index (χ1) is 8.68. The van der Waals surface area contributed by atoms with Gasteiger partial charge in [0.15, 0.2) is 0 Å². The van der Waals surface area contributed by atoms with Gasteiger partial charge in [-0.25, -0.2) is 0 Å². The van der Waals surface area contributed by atoms with Crippen LogP contribution in [0.2, 0.25) is 0 Å². The first-order valence-electron chi connectivity index (χ1n) is 6.83. The topological polar surface area (TPSA) is 33.3 Å². The molecule has 1 fully saturated rings. The monoisotopic (exact) mass is 248 g/mol. The van der Waals surface area contributed by atoms with E-state index in [4.69, 9.17) is 4.74 Å². The average molecular weight is 248 g/mol. The Hall–Kier alpha value is -1.06. The summed E-state index contributed by atoms with van der Waals surface area (Å²) in [6, 6.07) is 6.93. The van der Waals surface area contributed by atoms with Gasteiger partial charge in [0.2, 0.25) is 0 Å². The molecule has 0 amide bonds. The zero-order chi connectivity index (χ0) is 13.0. The highest BCUT2D eigenvalue weighted by atomic mass is 16.5. The quantitative estimate of drug-likeness (QED) is 0.859. The molecule has 3 heteroatoms. The molecular weight excluding hydrogens is 224 g/mol. The largest absolute Gasteiger partial charge is 0.383 e. The number of anilines is 1. The Kier molecular flexibility index (Phi) is 4.61. The number of para-hydroxylation sites is 1. The summed E-state index contributed by atoms with van der Waals surface area (Å²) in [4.78, 5) is 0. The van der Waals surface area contributed by atoms with Gasteiger partial charge in [-0.15, -0.1) is 0 Å². The molecule has 0 radical (unpaired) electrons. The van der Waals surface area contributed by atoms with E-state index in [0.29, 0.717) is 12.0 Å². The van der Waals surface area contributed by atoms with Gasteiger partial charge in [-0.05, 0) is 24.0 Å². The van der Waals surface area contributed by atoms with Crippen LogP contribution in [0.4, 0.5) is 5.69 Å². The van der Waals surface area contributed by atoms with E-state index in [1.54, 1.807) is 0 Å². The van der Waals surface area contributed by atoms with Gasteiger partial charge >= 0.3 is 0 Å². The van der Waals surface area contributed by atoms with Crippen molar-refractivity contribution in [3.8, 4) is 0 Å². The van der Waals surface area contributed by atoms with Gasteiger partial charge in [-0.3, -0.25) is 0 Å². The highest BCUT2D eigenvalue weighted by Gasteiger charge is 2.14. The van der Waals surface area contributed by atoms with E-state index in [0.717, 1.165) is 26.3 Å². The van der Waals surface area contributed by atoms with Crippen molar-refractivity contribution in [2.75, 3.05) is 31.6 Å². The van der Waals surface area contributed by atoms with Gasteiger partial charge in [0.05, 0.1) is 13.2 Å². The Morgan fingerprint density at radius 3 is 2.94 bits per heavy atom. The predicted molar refractivity (Wildman–Crippen MR) is 76.4 cm³/mol. The minimum absolute atomic E-state index is 0.415. The average Bonchev–Trinajstić information content (AvgIpc) is 2.38. The molecular formula is C15H24N2O. The van der Waals surface area contributed by atoms with Crippen molar-refractivity contribution >= 4 is 5.69 Å². The Morgan fingerprint density at radius 1 is 1.44 bits per heavy atom. The van der Waals surface area contributed by atoms with Crippen LogP contribution >= 0.6 is 0 Å². The highest BCUT2D eigenvalue weighted by Crippen LogP contribution is 2.27. The summed E-state index contributed by atoms with van der Waals surface area (Å²) in [5.41, 5.74) is 4.00. The Balaban J connectivity index is 2.03. The van der Waals surface area contributed by atoms with E-state index in [2.05, 4.69) is 49.6 Å². The molecule has 0 aliphatic carbocycles. The van der Waals surface area contributed by atoms with Crippen molar-refractivity contribution in [3.05, 3.63) is 29.3 Å². The summed E-state index contributed by atoms with van der Waals surface area (Å²) in [6.07, 6.45) is 0. The fourth-order valence-corrected chi connectivity index (χ4v) is 2.39. The molecule has 0 spiro atoms. The molecule has 1 aromatic carbocycles. The van der Waals surface area contributed by atoms with Crippen LogP contribution in [-0.2, 0) is 4.74 Å². The molecule has 1 aliphatic heterocycles. The van der Waals surface area contributed by atoms with Gasteiger partial charge in [0.25, 0.3) is 0 Å². The van der Waals surface area contributed by atoms with Gasteiger partial charge in [0, 0.05) is 24.8 Å². The molecule has 1 aliphatic rings. The third-order valence-electron chi connectivity index (χ3n) is 3.45. The normalized spacial score (nSPS) is 20.1. The lowest BCUT2D eigenvalue weighted by atomic mass is 9.98. The lowest BCUT2D eigenvalue weighted by molar-refractivity contribution is 0.0806. The number of rotatable bonds is 4. The Labute approximate surface area is 110 Å². The van der Waals surface area contributed by atoms with Crippen molar-refractivity contribution in [2.24, 2.45) is 0 Å². The van der Waals surface area contributed by atoms with E-state index in [-0.39, 0.29) is 0 Å². The molecule has 0 aromatic heterocycles. The van der Waals surface area contributed by atoms with Gasteiger partial charge in [-0.1, -0.05) is 32.0 Å². The predicted octanol–water partition coefficient (Wildman–Crippen LogP) is 2.52. The molecule has 0 saturated carbocycles. The summed E-state index contributed by atoms with van der Waals surface area (Å²) >= 11 is 0. The number of aryl methyl sites for hydroxylation is 1. The summed E-state index contributed by atoms with van der Waals surface area (Å²) in [6.45, 7) is 10.2. The number of benzene rings is 1. The van der Waals surface area contributed by atoms with Crippen LogP contribution in [0, 0.1) is 6.92 Å². The minimum atomic E-state index is 0.415. The number of hydrogen-bond acceptors (Lipinski definition) is 3. The highest BCUT2D eigenvalue weighted by molar-refractivity contribution is 5.58. The lowest BCUT2D eigenvalue weighted by Crippen LogP contribution is -2.45. The summed E-state index contributed by atoms with van der Waals surface area (Å²) in [5.74, 6) is 0.544. The maximum atomic E-state index is 5.48. The molecule has 1 saturated heterocycles. The van der Waals surface area contributed by atoms with Crippen molar-refractivity contribution < 1.29 is 4.74 Å². The molecule has 1 unspecified atom stereocenters. The SMILES string of the molecule is Cc1cccc(C(C)C)c1NCC1COCCN1. The van der Waals surface area contributed by atoms with Crippen LogP contribution < -0.4 is 10.6 Å². The van der Waals surface area contributed by atoms with Crippen LogP contribution in [0.3, 0.4) is 0 Å². The third-order valence-corrected chi connectivity index (χ3v) is 3.45. The molecule has 18 heavy (non-hydrogen) atoms. The fourth-order valence-electron chi connectivity index (χ4n) is 2.39.